The SMILES string of the molecule is CCC1=C(S)C(CC)(CC)c2oc(-c3cccc4ccccc34)cc(=O)c2C1=O. The third-order valence-corrected chi connectivity index (χ3v) is 6.94. The van der Waals surface area contributed by atoms with Crippen LogP contribution in [0.2, 0.25) is 0 Å². The number of thiol groups is 1. The number of hydrogen-bond donors (Lipinski definition) is 1. The van der Waals surface area contributed by atoms with Crippen molar-refractivity contribution >= 4 is 29.2 Å². The molecule has 3 nitrogen and oxygen atoms in total. The van der Waals surface area contributed by atoms with Gasteiger partial charge in [0.05, 0.1) is 5.41 Å². The van der Waals surface area contributed by atoms with Gasteiger partial charge in [0, 0.05) is 22.1 Å². The Bertz CT molecular complexity index is 1210. The first-order valence-corrected chi connectivity index (χ1v) is 10.6. The summed E-state index contributed by atoms with van der Waals surface area (Å²) < 4.78 is 6.40. The van der Waals surface area contributed by atoms with Crippen LogP contribution in [0, 0.1) is 0 Å². The summed E-state index contributed by atoms with van der Waals surface area (Å²) in [5.74, 6) is 0.707. The summed E-state index contributed by atoms with van der Waals surface area (Å²) in [4.78, 5) is 27.0. The first kappa shape index (κ1) is 19.7. The molecule has 0 aliphatic heterocycles. The fourth-order valence-corrected chi connectivity index (χ4v) is 5.18. The minimum atomic E-state index is -0.558. The predicted octanol–water partition coefficient (Wildman–Crippen LogP) is 6.31. The zero-order valence-electron chi connectivity index (χ0n) is 16.9. The van der Waals surface area contributed by atoms with Gasteiger partial charge in [0.15, 0.2) is 11.2 Å². The first-order valence-electron chi connectivity index (χ1n) is 10.1. The zero-order chi connectivity index (χ0) is 20.8. The maximum absolute atomic E-state index is 13.2. The van der Waals surface area contributed by atoms with E-state index in [1.807, 2.05) is 49.4 Å². The largest absolute Gasteiger partial charge is 0.459 e. The van der Waals surface area contributed by atoms with Crippen molar-refractivity contribution in [2.24, 2.45) is 0 Å². The van der Waals surface area contributed by atoms with E-state index < -0.39 is 5.41 Å². The van der Waals surface area contributed by atoms with Crippen molar-refractivity contribution in [3.63, 3.8) is 0 Å². The Hall–Kier alpha value is -2.59. The fourth-order valence-electron chi connectivity index (χ4n) is 4.51. The summed E-state index contributed by atoms with van der Waals surface area (Å²) in [6.07, 6.45) is 1.95. The Morgan fingerprint density at radius 1 is 0.966 bits per heavy atom. The number of allylic oxidation sites excluding steroid dienone is 2. The number of carbonyl (C=O) groups is 1. The molecule has 0 fully saturated rings. The van der Waals surface area contributed by atoms with E-state index >= 15 is 0 Å². The second kappa shape index (κ2) is 7.34. The van der Waals surface area contributed by atoms with E-state index in [-0.39, 0.29) is 16.8 Å². The van der Waals surface area contributed by atoms with Gasteiger partial charge in [-0.05, 0) is 30.0 Å². The molecule has 0 atom stereocenters. The molecule has 1 aliphatic carbocycles. The molecule has 0 radical (unpaired) electrons. The predicted molar refractivity (Wildman–Crippen MR) is 121 cm³/mol. The number of carbonyl (C=O) groups excluding carboxylic acids is 1. The molecule has 4 heteroatoms. The van der Waals surface area contributed by atoms with Gasteiger partial charge in [-0.25, -0.2) is 0 Å². The molecule has 0 saturated carbocycles. The zero-order valence-corrected chi connectivity index (χ0v) is 17.8. The minimum absolute atomic E-state index is 0.173. The molecule has 0 N–H and O–H groups in total. The van der Waals surface area contributed by atoms with E-state index in [9.17, 15) is 9.59 Å². The van der Waals surface area contributed by atoms with Crippen LogP contribution in [0.5, 0.6) is 0 Å². The molecule has 4 rings (SSSR count). The van der Waals surface area contributed by atoms with E-state index in [0.717, 1.165) is 21.2 Å². The lowest BCUT2D eigenvalue weighted by Crippen LogP contribution is -2.37. The topological polar surface area (TPSA) is 47.3 Å². The average Bonchev–Trinajstić information content (AvgIpc) is 2.74. The lowest BCUT2D eigenvalue weighted by atomic mass is 9.71. The van der Waals surface area contributed by atoms with Crippen LogP contribution in [-0.2, 0) is 5.41 Å². The molecule has 0 saturated heterocycles. The summed E-state index contributed by atoms with van der Waals surface area (Å²) in [5.41, 5.74) is 0.805. The third-order valence-electron chi connectivity index (χ3n) is 6.24. The van der Waals surface area contributed by atoms with Crippen molar-refractivity contribution < 1.29 is 9.21 Å². The minimum Gasteiger partial charge on any atom is -0.459 e. The lowest BCUT2D eigenvalue weighted by Gasteiger charge is -2.37. The van der Waals surface area contributed by atoms with Crippen molar-refractivity contribution in [1.29, 1.82) is 0 Å². The summed E-state index contributed by atoms with van der Waals surface area (Å²) in [6.45, 7) is 6.03. The molecular formula is C25H24O3S. The number of benzene rings is 2. The van der Waals surface area contributed by atoms with Crippen LogP contribution in [0.4, 0.5) is 0 Å². The Labute approximate surface area is 175 Å². The molecule has 0 bridgehead atoms. The van der Waals surface area contributed by atoms with E-state index in [0.29, 0.717) is 36.4 Å². The smallest absolute Gasteiger partial charge is 0.197 e. The highest BCUT2D eigenvalue weighted by Crippen LogP contribution is 2.48. The summed E-state index contributed by atoms with van der Waals surface area (Å²) in [6, 6.07) is 15.4. The average molecular weight is 405 g/mol. The van der Waals surface area contributed by atoms with E-state index in [2.05, 4.69) is 13.8 Å². The van der Waals surface area contributed by atoms with Gasteiger partial charge in [0.2, 0.25) is 0 Å². The van der Waals surface area contributed by atoms with Gasteiger partial charge in [0.1, 0.15) is 17.1 Å². The van der Waals surface area contributed by atoms with Crippen LogP contribution in [0.3, 0.4) is 0 Å². The highest BCUT2D eigenvalue weighted by Gasteiger charge is 2.45. The molecular weight excluding hydrogens is 380 g/mol. The Kier molecular flexibility index (Phi) is 4.99. The number of hydrogen-bond acceptors (Lipinski definition) is 4. The van der Waals surface area contributed by atoms with Crippen molar-refractivity contribution in [2.75, 3.05) is 0 Å². The second-order valence-electron chi connectivity index (χ2n) is 7.50. The maximum Gasteiger partial charge on any atom is 0.197 e. The van der Waals surface area contributed by atoms with Crippen LogP contribution in [-0.4, -0.2) is 5.78 Å². The highest BCUT2D eigenvalue weighted by atomic mass is 32.1. The van der Waals surface area contributed by atoms with Gasteiger partial charge in [-0.15, -0.1) is 12.6 Å². The number of Topliss-reactive ketones (excluding diaryl/α,β-unsaturated/α-hetero) is 1. The molecule has 148 valence electrons. The second-order valence-corrected chi connectivity index (χ2v) is 7.95. The van der Waals surface area contributed by atoms with Gasteiger partial charge in [-0.2, -0.15) is 0 Å². The standard InChI is InChI=1S/C25H24O3S/c1-4-16-22(27)21-19(26)14-20(28-23(21)25(5-2,6-3)24(16)29)18-13-9-11-15-10-7-8-12-17(15)18/h7-14,29H,4-6H2,1-3H3. The fraction of sp³-hybridized carbons (Fsp3) is 0.280. The highest BCUT2D eigenvalue weighted by molar-refractivity contribution is 7.84. The van der Waals surface area contributed by atoms with E-state index in [1.54, 1.807) is 0 Å². The number of rotatable bonds is 4. The van der Waals surface area contributed by atoms with Crippen LogP contribution >= 0.6 is 12.6 Å². The van der Waals surface area contributed by atoms with Gasteiger partial charge in [0.25, 0.3) is 0 Å². The quantitative estimate of drug-likeness (QED) is 0.519. The van der Waals surface area contributed by atoms with Gasteiger partial charge >= 0.3 is 0 Å². The molecule has 0 unspecified atom stereocenters. The van der Waals surface area contributed by atoms with E-state index in [4.69, 9.17) is 17.0 Å². The van der Waals surface area contributed by atoms with Crippen LogP contribution < -0.4 is 5.43 Å². The van der Waals surface area contributed by atoms with Gasteiger partial charge in [-0.3, -0.25) is 9.59 Å². The van der Waals surface area contributed by atoms with Gasteiger partial charge in [-0.1, -0.05) is 63.2 Å². The van der Waals surface area contributed by atoms with Crippen LogP contribution in [0.1, 0.15) is 56.2 Å². The lowest BCUT2D eigenvalue weighted by molar-refractivity contribution is 0.101. The Morgan fingerprint density at radius 2 is 1.66 bits per heavy atom. The molecule has 1 heterocycles. The van der Waals surface area contributed by atoms with Crippen molar-refractivity contribution in [3.05, 3.63) is 80.6 Å². The van der Waals surface area contributed by atoms with Crippen LogP contribution in [0.25, 0.3) is 22.1 Å². The molecule has 2 aromatic carbocycles. The van der Waals surface area contributed by atoms with Crippen LogP contribution in [0.15, 0.2) is 68.2 Å². The molecule has 1 aromatic heterocycles. The Balaban J connectivity index is 2.06. The monoisotopic (exact) mass is 404 g/mol. The summed E-state index contributed by atoms with van der Waals surface area (Å²) in [5, 5.41) is 2.08. The van der Waals surface area contributed by atoms with Crippen molar-refractivity contribution in [3.8, 4) is 11.3 Å². The molecule has 29 heavy (non-hydrogen) atoms. The summed E-state index contributed by atoms with van der Waals surface area (Å²) in [7, 11) is 0. The van der Waals surface area contributed by atoms with Crippen molar-refractivity contribution in [1.82, 2.24) is 0 Å². The van der Waals surface area contributed by atoms with Crippen molar-refractivity contribution in [2.45, 2.75) is 45.4 Å². The number of fused-ring (bicyclic) bond motifs is 2. The molecule has 3 aromatic rings. The van der Waals surface area contributed by atoms with Gasteiger partial charge < -0.3 is 4.42 Å². The van der Waals surface area contributed by atoms with E-state index in [1.165, 1.54) is 6.07 Å². The third kappa shape index (κ3) is 2.81. The molecule has 0 amide bonds. The first-order chi connectivity index (χ1) is 14.0. The molecule has 0 spiro atoms. The molecule has 1 aliphatic rings. The Morgan fingerprint density at radius 3 is 2.34 bits per heavy atom. The summed E-state index contributed by atoms with van der Waals surface area (Å²) >= 11 is 4.77. The normalized spacial score (nSPS) is 15.7. The number of ketones is 1. The maximum atomic E-state index is 13.2.